The Morgan fingerprint density at radius 3 is 2.87 bits per heavy atom. The van der Waals surface area contributed by atoms with Gasteiger partial charge in [-0.05, 0) is 56.4 Å². The van der Waals surface area contributed by atoms with Gasteiger partial charge in [0.05, 0.1) is 17.1 Å². The third kappa shape index (κ3) is 4.42. The first-order valence-electron chi connectivity index (χ1n) is 10.5. The number of hydrogen-bond acceptors (Lipinski definition) is 4. The average molecular weight is 407 g/mol. The number of anilines is 1. The summed E-state index contributed by atoms with van der Waals surface area (Å²) in [5, 5.41) is 4.03. The fraction of sp³-hybridized carbons (Fsp3) is 0.375. The molecule has 0 saturated carbocycles. The van der Waals surface area contributed by atoms with Crippen molar-refractivity contribution in [1.82, 2.24) is 15.3 Å². The molecule has 156 valence electrons. The van der Waals surface area contributed by atoms with Crippen LogP contribution in [0.2, 0.25) is 0 Å². The van der Waals surface area contributed by atoms with Crippen LogP contribution in [0.5, 0.6) is 0 Å². The molecule has 0 aliphatic carbocycles. The SMILES string of the molecule is Cc1ccc2c(C)nc(N3CCC[C@@H](C(=O)NCCc4ccccc4F)C3)nc2c1. The lowest BCUT2D eigenvalue weighted by Gasteiger charge is -2.32. The Morgan fingerprint density at radius 1 is 1.20 bits per heavy atom. The summed E-state index contributed by atoms with van der Waals surface area (Å²) < 4.78 is 13.7. The van der Waals surface area contributed by atoms with Gasteiger partial charge in [0, 0.05) is 25.0 Å². The van der Waals surface area contributed by atoms with Crippen LogP contribution >= 0.6 is 0 Å². The second-order valence-corrected chi connectivity index (χ2v) is 8.05. The van der Waals surface area contributed by atoms with Gasteiger partial charge in [0.15, 0.2) is 0 Å². The summed E-state index contributed by atoms with van der Waals surface area (Å²) in [6.07, 6.45) is 2.24. The van der Waals surface area contributed by atoms with Crippen molar-refractivity contribution in [3.63, 3.8) is 0 Å². The summed E-state index contributed by atoms with van der Waals surface area (Å²) in [5.41, 5.74) is 3.68. The zero-order chi connectivity index (χ0) is 21.1. The Bertz CT molecular complexity index is 1070. The number of hydrogen-bond donors (Lipinski definition) is 1. The third-order valence-corrected chi connectivity index (χ3v) is 5.76. The van der Waals surface area contributed by atoms with Crippen molar-refractivity contribution < 1.29 is 9.18 Å². The molecule has 0 spiro atoms. The molecule has 1 amide bonds. The van der Waals surface area contributed by atoms with Crippen molar-refractivity contribution in [3.05, 3.63) is 65.1 Å². The average Bonchev–Trinajstić information content (AvgIpc) is 2.74. The largest absolute Gasteiger partial charge is 0.355 e. The van der Waals surface area contributed by atoms with Gasteiger partial charge >= 0.3 is 0 Å². The highest BCUT2D eigenvalue weighted by molar-refractivity contribution is 5.83. The van der Waals surface area contributed by atoms with Gasteiger partial charge in [0.2, 0.25) is 11.9 Å². The molecule has 1 aromatic heterocycles. The van der Waals surface area contributed by atoms with Gasteiger partial charge in [0.1, 0.15) is 5.82 Å². The summed E-state index contributed by atoms with van der Waals surface area (Å²) in [6, 6.07) is 12.9. The smallest absolute Gasteiger partial charge is 0.226 e. The minimum atomic E-state index is -0.227. The van der Waals surface area contributed by atoms with Crippen molar-refractivity contribution in [1.29, 1.82) is 0 Å². The van der Waals surface area contributed by atoms with E-state index in [1.54, 1.807) is 12.1 Å². The molecule has 0 radical (unpaired) electrons. The molecular formula is C24H27FN4O. The zero-order valence-electron chi connectivity index (χ0n) is 17.5. The summed E-state index contributed by atoms with van der Waals surface area (Å²) in [4.78, 5) is 24.3. The Kier molecular flexibility index (Phi) is 5.93. The highest BCUT2D eigenvalue weighted by Gasteiger charge is 2.27. The van der Waals surface area contributed by atoms with Crippen molar-refractivity contribution in [3.8, 4) is 0 Å². The number of fused-ring (bicyclic) bond motifs is 1. The van der Waals surface area contributed by atoms with Crippen LogP contribution in [0.15, 0.2) is 42.5 Å². The topological polar surface area (TPSA) is 58.1 Å². The maximum Gasteiger partial charge on any atom is 0.226 e. The maximum absolute atomic E-state index is 13.7. The highest BCUT2D eigenvalue weighted by Crippen LogP contribution is 2.24. The van der Waals surface area contributed by atoms with Crippen LogP contribution in [0.4, 0.5) is 10.3 Å². The minimum Gasteiger partial charge on any atom is -0.355 e. The second-order valence-electron chi connectivity index (χ2n) is 8.05. The normalized spacial score (nSPS) is 16.6. The van der Waals surface area contributed by atoms with E-state index in [9.17, 15) is 9.18 Å². The molecule has 1 saturated heterocycles. The molecule has 5 nitrogen and oxygen atoms in total. The van der Waals surface area contributed by atoms with Gasteiger partial charge < -0.3 is 10.2 Å². The lowest BCUT2D eigenvalue weighted by Crippen LogP contribution is -2.44. The number of rotatable bonds is 5. The molecule has 1 fully saturated rings. The predicted molar refractivity (Wildman–Crippen MR) is 117 cm³/mol. The van der Waals surface area contributed by atoms with E-state index in [1.165, 1.54) is 6.07 Å². The number of carbonyl (C=O) groups excluding carboxylic acids is 1. The quantitative estimate of drug-likeness (QED) is 0.697. The van der Waals surface area contributed by atoms with Gasteiger partial charge in [-0.2, -0.15) is 0 Å². The number of amides is 1. The summed E-state index contributed by atoms with van der Waals surface area (Å²) in [6.45, 7) is 5.93. The molecule has 1 aliphatic rings. The lowest BCUT2D eigenvalue weighted by molar-refractivity contribution is -0.125. The van der Waals surface area contributed by atoms with Crippen LogP contribution in [-0.4, -0.2) is 35.5 Å². The van der Waals surface area contributed by atoms with Gasteiger partial charge in [0.25, 0.3) is 0 Å². The number of nitrogens with zero attached hydrogens (tertiary/aromatic N) is 3. The molecule has 6 heteroatoms. The van der Waals surface area contributed by atoms with Crippen molar-refractivity contribution in [2.75, 3.05) is 24.5 Å². The third-order valence-electron chi connectivity index (χ3n) is 5.76. The zero-order valence-corrected chi connectivity index (χ0v) is 17.5. The first kappa shape index (κ1) is 20.3. The van der Waals surface area contributed by atoms with Gasteiger partial charge in [-0.3, -0.25) is 4.79 Å². The number of benzene rings is 2. The number of aryl methyl sites for hydroxylation is 2. The van der Waals surface area contributed by atoms with Crippen LogP contribution in [0.25, 0.3) is 10.9 Å². The molecule has 0 bridgehead atoms. The van der Waals surface area contributed by atoms with Crippen LogP contribution < -0.4 is 10.2 Å². The number of carbonyl (C=O) groups is 1. The Morgan fingerprint density at radius 2 is 2.03 bits per heavy atom. The highest BCUT2D eigenvalue weighted by atomic mass is 19.1. The number of halogens is 1. The van der Waals surface area contributed by atoms with E-state index in [1.807, 2.05) is 13.0 Å². The summed E-state index contributed by atoms with van der Waals surface area (Å²) in [7, 11) is 0. The Hall–Kier alpha value is -3.02. The van der Waals surface area contributed by atoms with E-state index in [0.717, 1.165) is 41.5 Å². The monoisotopic (exact) mass is 406 g/mol. The van der Waals surface area contributed by atoms with Gasteiger partial charge in [-0.1, -0.05) is 30.3 Å². The van der Waals surface area contributed by atoms with E-state index in [2.05, 4.69) is 35.3 Å². The van der Waals surface area contributed by atoms with Crippen molar-refractivity contribution in [2.24, 2.45) is 5.92 Å². The first-order valence-corrected chi connectivity index (χ1v) is 10.5. The molecule has 2 aromatic carbocycles. The van der Waals surface area contributed by atoms with Crippen molar-refractivity contribution >= 4 is 22.8 Å². The van der Waals surface area contributed by atoms with Crippen LogP contribution in [0.3, 0.4) is 0 Å². The van der Waals surface area contributed by atoms with E-state index in [-0.39, 0.29) is 17.6 Å². The second kappa shape index (κ2) is 8.78. The van der Waals surface area contributed by atoms with E-state index >= 15 is 0 Å². The van der Waals surface area contributed by atoms with E-state index < -0.39 is 0 Å². The molecule has 3 aromatic rings. The Labute approximate surface area is 176 Å². The van der Waals surface area contributed by atoms with Crippen LogP contribution in [0.1, 0.15) is 29.7 Å². The maximum atomic E-state index is 13.7. The van der Waals surface area contributed by atoms with Crippen molar-refractivity contribution in [2.45, 2.75) is 33.1 Å². The number of piperidine rings is 1. The van der Waals surface area contributed by atoms with E-state index in [0.29, 0.717) is 31.0 Å². The molecule has 1 N–H and O–H groups in total. The molecule has 1 atom stereocenters. The predicted octanol–water partition coefficient (Wildman–Crippen LogP) is 3.96. The molecule has 1 aliphatic heterocycles. The van der Waals surface area contributed by atoms with Gasteiger partial charge in [-0.25, -0.2) is 14.4 Å². The molecule has 30 heavy (non-hydrogen) atoms. The fourth-order valence-electron chi connectivity index (χ4n) is 4.06. The Balaban J connectivity index is 1.41. The van der Waals surface area contributed by atoms with Gasteiger partial charge in [-0.15, -0.1) is 0 Å². The van der Waals surface area contributed by atoms with Crippen LogP contribution in [0, 0.1) is 25.6 Å². The van der Waals surface area contributed by atoms with E-state index in [4.69, 9.17) is 9.97 Å². The summed E-state index contributed by atoms with van der Waals surface area (Å²) >= 11 is 0. The number of aromatic nitrogens is 2. The summed E-state index contributed by atoms with van der Waals surface area (Å²) in [5.74, 6) is 0.366. The standard InChI is InChI=1S/C24H27FN4O/c1-16-9-10-20-17(2)27-24(28-22(20)14-16)29-13-5-7-19(15-29)23(30)26-12-11-18-6-3-4-8-21(18)25/h3-4,6,8-10,14,19H,5,7,11-13,15H2,1-2H3,(H,26,30)/t19-/m1/s1. The lowest BCUT2D eigenvalue weighted by atomic mass is 9.97. The van der Waals surface area contributed by atoms with Crippen LogP contribution in [-0.2, 0) is 11.2 Å². The molecule has 4 rings (SSSR count). The molecule has 2 heterocycles. The number of nitrogens with one attached hydrogen (secondary N) is 1. The molecular weight excluding hydrogens is 379 g/mol. The fourth-order valence-corrected chi connectivity index (χ4v) is 4.06. The molecule has 0 unspecified atom stereocenters. The minimum absolute atomic E-state index is 0.0180. The first-order chi connectivity index (χ1) is 14.5.